The van der Waals surface area contributed by atoms with Crippen molar-refractivity contribution in [2.24, 2.45) is 0 Å². The van der Waals surface area contributed by atoms with Crippen molar-refractivity contribution < 1.29 is 38.6 Å². The number of rotatable bonds is 9. The maximum Gasteiger partial charge on any atom is 0.330 e. The van der Waals surface area contributed by atoms with Crippen LogP contribution in [0, 0.1) is 17.0 Å². The maximum atomic E-state index is 12.1. The second kappa shape index (κ2) is 12.7. The van der Waals surface area contributed by atoms with Gasteiger partial charge in [-0.2, -0.15) is 0 Å². The van der Waals surface area contributed by atoms with Gasteiger partial charge in [0.05, 0.1) is 36.5 Å². The molecule has 16 nitrogen and oxygen atoms in total. The average molecular weight is 583 g/mol. The monoisotopic (exact) mass is 582 g/mol. The Balaban J connectivity index is 0.00000253. The molecule has 7 atom stereocenters. The number of aliphatic hydroxyl groups is 2. The molecule has 18 heteroatoms. The summed E-state index contributed by atoms with van der Waals surface area (Å²) in [6, 6.07) is 1.30. The van der Waals surface area contributed by atoms with E-state index in [1.165, 1.54) is 36.1 Å². The molecule has 8 N–H and O–H groups in total. The second-order valence-corrected chi connectivity index (χ2v) is 11.2. The first-order valence-corrected chi connectivity index (χ1v) is 13.5. The van der Waals surface area contributed by atoms with Crippen LogP contribution in [0.5, 0.6) is 0 Å². The summed E-state index contributed by atoms with van der Waals surface area (Å²) in [6.45, 7) is -3.19. The summed E-state index contributed by atoms with van der Waals surface area (Å²) in [5.41, 5.74) is -1.07. The lowest BCUT2D eigenvalue weighted by atomic mass is 10.2. The molecule has 0 aromatic carbocycles. The largest absolute Gasteiger partial charge is 0.394 e. The van der Waals surface area contributed by atoms with Gasteiger partial charge >= 0.3 is 12.4 Å². The van der Waals surface area contributed by atoms with Crippen molar-refractivity contribution in [2.75, 3.05) is 13.2 Å². The lowest BCUT2D eigenvalue weighted by molar-refractivity contribution is -0.384. The molecule has 2 aliphatic rings. The topological polar surface area (TPSA) is 237 Å². The summed E-state index contributed by atoms with van der Waals surface area (Å²) in [7, 11) is 0. The SMILES string of the molecule is C.Cc1cn([C@H]2CC(O)[C@@H](COP(O)(=S)OC3C[C@H](n4ccc([N+](=O)[O-])c4)O[C@@H]3CO)O2)c(=O)[nH]c1=O.[NH4+]. The van der Waals surface area contributed by atoms with Gasteiger partial charge in [-0.25, -0.2) is 4.79 Å². The lowest BCUT2D eigenvalue weighted by Gasteiger charge is -2.24. The maximum absolute atomic E-state index is 12.1. The van der Waals surface area contributed by atoms with Crippen LogP contribution in [-0.4, -0.2) is 71.8 Å². The summed E-state index contributed by atoms with van der Waals surface area (Å²) in [5, 5.41) is 30.9. The van der Waals surface area contributed by atoms with Gasteiger partial charge in [0, 0.05) is 36.9 Å². The molecular weight excluding hydrogens is 549 g/mol. The van der Waals surface area contributed by atoms with Crippen LogP contribution in [0.15, 0.2) is 34.2 Å². The van der Waals surface area contributed by atoms with Crippen LogP contribution in [-0.2, 0) is 30.3 Å². The Morgan fingerprint density at radius 3 is 2.58 bits per heavy atom. The van der Waals surface area contributed by atoms with Crippen LogP contribution in [0.3, 0.4) is 0 Å². The van der Waals surface area contributed by atoms with Gasteiger partial charge < -0.3 is 44.3 Å². The lowest BCUT2D eigenvalue weighted by Crippen LogP contribution is -2.33. The fraction of sp³-hybridized carbons (Fsp3) is 0.600. The standard InChI is InChI=1S/C19H25N4O11PS.CH4.H3N/c1-10-6-22(19(27)20-18(10)26)17-4-12(25)15(33-17)9-31-35(30,36)34-13-5-16(32-14(13)8-24)21-3-2-11(7-21)23(28)29;;/h2-3,6-7,12-17,24-25H,4-5,8-9H2,1H3,(H,30,36)(H,20,26,27);1H4;1H3/p+1/t12?,13?,14-,15-,16-,17-,35?;;/m1../s1. The average Bonchev–Trinajstić information content (AvgIpc) is 3.53. The minimum atomic E-state index is -3.90. The number of quaternary nitrogens is 1. The number of ether oxygens (including phenoxy) is 2. The van der Waals surface area contributed by atoms with Crippen molar-refractivity contribution in [3.63, 3.8) is 0 Å². The van der Waals surface area contributed by atoms with Gasteiger partial charge in [0.15, 0.2) is 0 Å². The molecule has 2 saturated heterocycles. The van der Waals surface area contributed by atoms with Crippen LogP contribution in [0.2, 0.25) is 0 Å². The Bertz CT molecular complexity index is 1280. The molecule has 0 saturated carbocycles. The third-order valence-corrected chi connectivity index (χ3v) is 7.52. The summed E-state index contributed by atoms with van der Waals surface area (Å²) < 4.78 is 24.9. The normalized spacial score (nSPS) is 28.3. The van der Waals surface area contributed by atoms with E-state index < -0.39 is 66.4 Å². The Hall–Kier alpha value is -2.31. The van der Waals surface area contributed by atoms with Gasteiger partial charge in [0.25, 0.3) is 11.2 Å². The zero-order valence-electron chi connectivity index (χ0n) is 19.9. The van der Waals surface area contributed by atoms with Crippen molar-refractivity contribution in [1.82, 2.24) is 20.3 Å². The molecule has 0 aliphatic carbocycles. The molecule has 0 amide bonds. The van der Waals surface area contributed by atoms with Gasteiger partial charge in [0.2, 0.25) is 0 Å². The summed E-state index contributed by atoms with van der Waals surface area (Å²) in [4.78, 5) is 46.8. The van der Waals surface area contributed by atoms with Gasteiger partial charge in [-0.15, -0.1) is 0 Å². The number of aliphatic hydroxyl groups excluding tert-OH is 2. The van der Waals surface area contributed by atoms with Gasteiger partial charge in [-0.05, 0) is 18.7 Å². The van der Waals surface area contributed by atoms with E-state index in [9.17, 15) is 34.8 Å². The van der Waals surface area contributed by atoms with E-state index in [-0.39, 0.29) is 44.3 Å². The molecule has 0 bridgehead atoms. The van der Waals surface area contributed by atoms with Crippen LogP contribution in [0.4, 0.5) is 5.69 Å². The fourth-order valence-electron chi connectivity index (χ4n) is 4.05. The molecular formula is C20H33N5O11PS+. The van der Waals surface area contributed by atoms with Crippen molar-refractivity contribution >= 4 is 24.2 Å². The van der Waals surface area contributed by atoms with E-state index in [1.807, 2.05) is 0 Å². The van der Waals surface area contributed by atoms with Crippen LogP contribution in [0.1, 0.15) is 38.3 Å². The van der Waals surface area contributed by atoms with Crippen molar-refractivity contribution in [1.29, 1.82) is 0 Å². The zero-order chi connectivity index (χ0) is 26.2. The van der Waals surface area contributed by atoms with Crippen LogP contribution < -0.4 is 17.4 Å². The predicted octanol–water partition coefficient (Wildman–Crippen LogP) is 0.814. The first-order chi connectivity index (χ1) is 17.0. The third kappa shape index (κ3) is 7.01. The van der Waals surface area contributed by atoms with E-state index in [0.717, 1.165) is 4.57 Å². The number of hydrogen-bond donors (Lipinski definition) is 5. The molecule has 0 spiro atoms. The highest BCUT2D eigenvalue weighted by Crippen LogP contribution is 2.49. The van der Waals surface area contributed by atoms with E-state index in [2.05, 4.69) is 4.98 Å². The quantitative estimate of drug-likeness (QED) is 0.157. The summed E-state index contributed by atoms with van der Waals surface area (Å²) in [5.74, 6) is 0. The van der Waals surface area contributed by atoms with Gasteiger partial charge in [-0.1, -0.05) is 7.43 Å². The highest BCUT2D eigenvalue weighted by Gasteiger charge is 2.41. The highest BCUT2D eigenvalue weighted by molar-refractivity contribution is 8.07. The van der Waals surface area contributed by atoms with Crippen LogP contribution in [0.25, 0.3) is 0 Å². The number of aryl methyl sites for hydroxylation is 1. The first-order valence-electron chi connectivity index (χ1n) is 10.9. The molecule has 214 valence electrons. The second-order valence-electron chi connectivity index (χ2n) is 8.44. The molecule has 38 heavy (non-hydrogen) atoms. The Morgan fingerprint density at radius 1 is 1.26 bits per heavy atom. The molecule has 2 aliphatic heterocycles. The Morgan fingerprint density at radius 2 is 1.95 bits per heavy atom. The molecule has 4 rings (SSSR count). The molecule has 2 aromatic heterocycles. The van der Waals surface area contributed by atoms with E-state index in [4.69, 9.17) is 30.3 Å². The van der Waals surface area contributed by atoms with Gasteiger partial charge in [0.1, 0.15) is 24.7 Å². The first kappa shape index (κ1) is 31.9. The number of aromatic nitrogens is 3. The number of aromatic amines is 1. The Labute approximate surface area is 221 Å². The molecule has 2 aromatic rings. The predicted molar refractivity (Wildman–Crippen MR) is 137 cm³/mol. The number of hydrogen-bond acceptors (Lipinski definition) is 11. The fourth-order valence-corrected chi connectivity index (χ4v) is 5.53. The van der Waals surface area contributed by atoms with E-state index in [0.29, 0.717) is 0 Å². The Kier molecular flexibility index (Phi) is 10.7. The number of H-pyrrole nitrogens is 1. The van der Waals surface area contributed by atoms with Crippen molar-refractivity contribution in [2.45, 2.75) is 64.1 Å². The van der Waals surface area contributed by atoms with Crippen LogP contribution >= 0.6 is 6.72 Å². The highest BCUT2D eigenvalue weighted by atomic mass is 32.5. The van der Waals surface area contributed by atoms with E-state index >= 15 is 0 Å². The number of nitrogens with zero attached hydrogens (tertiary/aromatic N) is 3. The molecule has 2 fully saturated rings. The molecule has 4 heterocycles. The van der Waals surface area contributed by atoms with Gasteiger partial charge in [-0.3, -0.25) is 24.5 Å². The molecule has 3 unspecified atom stereocenters. The zero-order valence-corrected chi connectivity index (χ0v) is 21.6. The molecule has 0 radical (unpaired) electrons. The minimum Gasteiger partial charge on any atom is -0.394 e. The third-order valence-electron chi connectivity index (χ3n) is 5.93. The number of nitrogens with one attached hydrogen (secondary N) is 1. The summed E-state index contributed by atoms with van der Waals surface area (Å²) >= 11 is 5.08. The van der Waals surface area contributed by atoms with E-state index in [1.54, 1.807) is 0 Å². The summed E-state index contributed by atoms with van der Waals surface area (Å²) in [6.07, 6.45) is -1.12. The van der Waals surface area contributed by atoms with Crippen molar-refractivity contribution in [3.8, 4) is 0 Å². The van der Waals surface area contributed by atoms with Crippen molar-refractivity contribution in [3.05, 3.63) is 61.2 Å². The minimum absolute atomic E-state index is 0. The number of nitro groups is 1. The smallest absolute Gasteiger partial charge is 0.330 e.